The summed E-state index contributed by atoms with van der Waals surface area (Å²) < 4.78 is 5.60. The van der Waals surface area contributed by atoms with Crippen LogP contribution in [0.15, 0.2) is 11.2 Å². The van der Waals surface area contributed by atoms with Gasteiger partial charge in [0, 0.05) is 25.4 Å². The van der Waals surface area contributed by atoms with Crippen molar-refractivity contribution in [3.8, 4) is 0 Å². The second-order valence-corrected chi connectivity index (χ2v) is 5.41. The molecule has 7 heteroatoms. The first-order valence-electron chi connectivity index (χ1n) is 7.92. The molecule has 0 aliphatic carbocycles. The summed E-state index contributed by atoms with van der Waals surface area (Å²) in [6.07, 6.45) is 6.59. The maximum atomic E-state index is 5.60. The Morgan fingerprint density at radius 1 is 1.50 bits per heavy atom. The maximum Gasteiger partial charge on any atom is 0.191 e. The topological polar surface area (TPSA) is 74.3 Å². The van der Waals surface area contributed by atoms with Gasteiger partial charge in [-0.3, -0.25) is 10.1 Å². The fourth-order valence-corrected chi connectivity index (χ4v) is 2.44. The Morgan fingerprint density at radius 2 is 2.36 bits per heavy atom. The number of aliphatic imine (C=N–C) groups is 1. The number of aromatic amines is 1. The van der Waals surface area contributed by atoms with Crippen molar-refractivity contribution in [3.05, 3.63) is 17.5 Å². The zero-order valence-electron chi connectivity index (χ0n) is 13.5. The average molecular weight is 421 g/mol. The van der Waals surface area contributed by atoms with Gasteiger partial charge in [0.05, 0.1) is 18.8 Å². The molecule has 6 nitrogen and oxygen atoms in total. The highest BCUT2D eigenvalue weighted by Crippen LogP contribution is 2.11. The zero-order chi connectivity index (χ0) is 14.9. The van der Waals surface area contributed by atoms with E-state index < -0.39 is 0 Å². The molecule has 0 amide bonds. The summed E-state index contributed by atoms with van der Waals surface area (Å²) in [6.45, 7) is 7.55. The Balaban J connectivity index is 0.00000242. The quantitative estimate of drug-likeness (QED) is 0.273. The first kappa shape index (κ1) is 19.2. The molecule has 1 fully saturated rings. The largest absolute Gasteiger partial charge is 0.376 e. The summed E-state index contributed by atoms with van der Waals surface area (Å²) in [5.41, 5.74) is 2.45. The minimum absolute atomic E-state index is 0. The molecule has 0 radical (unpaired) electrons. The SMILES string of the molecule is CCNC(=NCC1CCCO1)NCCCc1cn[nH]c1C.I. The minimum Gasteiger partial charge on any atom is -0.376 e. The number of aromatic nitrogens is 2. The van der Waals surface area contributed by atoms with Crippen LogP contribution in [0.3, 0.4) is 0 Å². The van der Waals surface area contributed by atoms with Crippen molar-refractivity contribution < 1.29 is 4.74 Å². The van der Waals surface area contributed by atoms with Crippen molar-refractivity contribution in [1.29, 1.82) is 0 Å². The molecule has 2 heterocycles. The van der Waals surface area contributed by atoms with Crippen LogP contribution in [0, 0.1) is 6.92 Å². The molecule has 1 aliphatic heterocycles. The summed E-state index contributed by atoms with van der Waals surface area (Å²) in [6, 6.07) is 0. The van der Waals surface area contributed by atoms with E-state index in [0.717, 1.165) is 63.6 Å². The van der Waals surface area contributed by atoms with Crippen LogP contribution in [0.25, 0.3) is 0 Å². The monoisotopic (exact) mass is 421 g/mol. The number of guanidine groups is 1. The highest BCUT2D eigenvalue weighted by Gasteiger charge is 2.14. The molecule has 22 heavy (non-hydrogen) atoms. The number of nitrogens with zero attached hydrogens (tertiary/aromatic N) is 2. The number of H-pyrrole nitrogens is 1. The summed E-state index contributed by atoms with van der Waals surface area (Å²) >= 11 is 0. The fourth-order valence-electron chi connectivity index (χ4n) is 2.44. The van der Waals surface area contributed by atoms with Gasteiger partial charge in [0.15, 0.2) is 5.96 Å². The van der Waals surface area contributed by atoms with E-state index in [1.807, 2.05) is 6.20 Å². The van der Waals surface area contributed by atoms with Gasteiger partial charge in [0.25, 0.3) is 0 Å². The molecule has 3 N–H and O–H groups in total. The van der Waals surface area contributed by atoms with Crippen molar-refractivity contribution >= 4 is 29.9 Å². The van der Waals surface area contributed by atoms with Crippen LogP contribution in [0.5, 0.6) is 0 Å². The Labute approximate surface area is 149 Å². The lowest BCUT2D eigenvalue weighted by Gasteiger charge is -2.12. The summed E-state index contributed by atoms with van der Waals surface area (Å²) in [5.74, 6) is 0.886. The Bertz CT molecular complexity index is 443. The van der Waals surface area contributed by atoms with E-state index in [2.05, 4.69) is 39.7 Å². The fraction of sp³-hybridized carbons (Fsp3) is 0.733. The first-order chi connectivity index (χ1) is 10.3. The highest BCUT2D eigenvalue weighted by atomic mass is 127. The number of hydrogen-bond acceptors (Lipinski definition) is 3. The van der Waals surface area contributed by atoms with E-state index in [4.69, 9.17) is 4.74 Å². The first-order valence-corrected chi connectivity index (χ1v) is 7.92. The maximum absolute atomic E-state index is 5.60. The van der Waals surface area contributed by atoms with E-state index in [0.29, 0.717) is 6.10 Å². The van der Waals surface area contributed by atoms with Gasteiger partial charge in [-0.15, -0.1) is 24.0 Å². The lowest BCUT2D eigenvalue weighted by molar-refractivity contribution is 0.117. The third kappa shape index (κ3) is 6.51. The van der Waals surface area contributed by atoms with E-state index in [1.165, 1.54) is 5.56 Å². The van der Waals surface area contributed by atoms with Gasteiger partial charge in [0.1, 0.15) is 0 Å². The van der Waals surface area contributed by atoms with Crippen LogP contribution >= 0.6 is 24.0 Å². The molecule has 2 rings (SSSR count). The lowest BCUT2D eigenvalue weighted by Crippen LogP contribution is -2.38. The minimum atomic E-state index is 0. The second kappa shape index (κ2) is 10.8. The zero-order valence-corrected chi connectivity index (χ0v) is 15.9. The van der Waals surface area contributed by atoms with E-state index >= 15 is 0 Å². The smallest absolute Gasteiger partial charge is 0.191 e. The predicted molar refractivity (Wildman–Crippen MR) is 100 cm³/mol. The van der Waals surface area contributed by atoms with Gasteiger partial charge in [-0.2, -0.15) is 5.10 Å². The lowest BCUT2D eigenvalue weighted by atomic mass is 10.1. The van der Waals surface area contributed by atoms with Crippen LogP contribution in [0.1, 0.15) is 37.4 Å². The van der Waals surface area contributed by atoms with Crippen molar-refractivity contribution in [1.82, 2.24) is 20.8 Å². The average Bonchev–Trinajstić information content (AvgIpc) is 3.13. The van der Waals surface area contributed by atoms with Crippen molar-refractivity contribution in [3.63, 3.8) is 0 Å². The molecule has 0 bridgehead atoms. The number of ether oxygens (including phenoxy) is 1. The molecular formula is C15H28IN5O. The number of hydrogen-bond donors (Lipinski definition) is 3. The molecular weight excluding hydrogens is 393 g/mol. The van der Waals surface area contributed by atoms with Gasteiger partial charge >= 0.3 is 0 Å². The Morgan fingerprint density at radius 3 is 3.00 bits per heavy atom. The Kier molecular flexibility index (Phi) is 9.45. The molecule has 1 aliphatic rings. The third-order valence-corrected chi connectivity index (χ3v) is 3.67. The molecule has 126 valence electrons. The molecule has 0 aromatic carbocycles. The molecule has 1 atom stereocenters. The number of aryl methyl sites for hydroxylation is 2. The number of halogens is 1. The van der Waals surface area contributed by atoms with Crippen LogP contribution in [-0.2, 0) is 11.2 Å². The van der Waals surface area contributed by atoms with Gasteiger partial charge in [0.2, 0.25) is 0 Å². The molecule has 1 saturated heterocycles. The summed E-state index contributed by atoms with van der Waals surface area (Å²) in [4.78, 5) is 4.60. The second-order valence-electron chi connectivity index (χ2n) is 5.41. The van der Waals surface area contributed by atoms with E-state index in [-0.39, 0.29) is 24.0 Å². The van der Waals surface area contributed by atoms with Crippen LogP contribution in [0.2, 0.25) is 0 Å². The highest BCUT2D eigenvalue weighted by molar-refractivity contribution is 14.0. The van der Waals surface area contributed by atoms with Crippen molar-refractivity contribution in [2.45, 2.75) is 45.6 Å². The van der Waals surface area contributed by atoms with Crippen LogP contribution in [-0.4, -0.2) is 48.5 Å². The molecule has 0 spiro atoms. The Hall–Kier alpha value is -0.830. The molecule has 1 aromatic heterocycles. The van der Waals surface area contributed by atoms with Gasteiger partial charge in [-0.1, -0.05) is 0 Å². The standard InChI is InChI=1S/C15H27N5O.HI/c1-3-16-15(18-11-14-7-5-9-21-14)17-8-4-6-13-10-19-20-12(13)2;/h10,14H,3-9,11H2,1-2H3,(H,19,20)(H2,16,17,18);1H. The number of rotatable bonds is 7. The normalized spacial score (nSPS) is 18.1. The van der Waals surface area contributed by atoms with E-state index in [9.17, 15) is 0 Å². The van der Waals surface area contributed by atoms with E-state index in [1.54, 1.807) is 0 Å². The van der Waals surface area contributed by atoms with Crippen molar-refractivity contribution in [2.24, 2.45) is 4.99 Å². The summed E-state index contributed by atoms with van der Waals surface area (Å²) in [5, 5.41) is 13.7. The van der Waals surface area contributed by atoms with Crippen molar-refractivity contribution in [2.75, 3.05) is 26.2 Å². The van der Waals surface area contributed by atoms with Gasteiger partial charge in [-0.05, 0) is 45.1 Å². The predicted octanol–water partition coefficient (Wildman–Crippen LogP) is 2.00. The molecule has 0 saturated carbocycles. The number of nitrogens with one attached hydrogen (secondary N) is 3. The third-order valence-electron chi connectivity index (χ3n) is 3.67. The molecule has 1 aromatic rings. The summed E-state index contributed by atoms with van der Waals surface area (Å²) in [7, 11) is 0. The molecule has 1 unspecified atom stereocenters. The van der Waals surface area contributed by atoms with Gasteiger partial charge < -0.3 is 15.4 Å². The van der Waals surface area contributed by atoms with Crippen LogP contribution in [0.4, 0.5) is 0 Å². The van der Waals surface area contributed by atoms with Gasteiger partial charge in [-0.25, -0.2) is 0 Å². The van der Waals surface area contributed by atoms with Crippen LogP contribution < -0.4 is 10.6 Å².